The molecule has 2 aromatic rings. The highest BCUT2D eigenvalue weighted by Gasteiger charge is 2.17. The van der Waals surface area contributed by atoms with E-state index in [1.165, 1.54) is 0 Å². The van der Waals surface area contributed by atoms with E-state index in [0.29, 0.717) is 6.07 Å². The van der Waals surface area contributed by atoms with E-state index in [4.69, 9.17) is 34.8 Å². The Morgan fingerprint density at radius 1 is 1.10 bits per heavy atom. The molecule has 9 heteroatoms. The molecule has 0 aliphatic heterocycles. The molecule has 104 valence electrons. The molecule has 0 atom stereocenters. The summed E-state index contributed by atoms with van der Waals surface area (Å²) >= 11 is 16.9. The van der Waals surface area contributed by atoms with Gasteiger partial charge in [-0.25, -0.2) is 8.78 Å². The Kier molecular flexibility index (Phi) is 4.37. The lowest BCUT2D eigenvalue weighted by Gasteiger charge is -2.09. The molecule has 0 bridgehead atoms. The van der Waals surface area contributed by atoms with Gasteiger partial charge in [0.05, 0.1) is 16.3 Å². The molecular weight excluding hydrogens is 334 g/mol. The number of carbonyl (C=O) groups excluding carboxylic acids is 1. The predicted molar refractivity (Wildman–Crippen MR) is 71.4 cm³/mol. The van der Waals surface area contributed by atoms with Crippen molar-refractivity contribution in [2.75, 3.05) is 5.32 Å². The van der Waals surface area contributed by atoms with Crippen LogP contribution >= 0.6 is 34.8 Å². The van der Waals surface area contributed by atoms with Crippen molar-refractivity contribution in [3.63, 3.8) is 0 Å². The van der Waals surface area contributed by atoms with Gasteiger partial charge in [-0.2, -0.15) is 0 Å². The Morgan fingerprint density at radius 3 is 2.45 bits per heavy atom. The summed E-state index contributed by atoms with van der Waals surface area (Å²) in [7, 11) is 0. The van der Waals surface area contributed by atoms with Crippen LogP contribution in [-0.4, -0.2) is 16.1 Å². The molecular formula is C11H4Cl3F2N3O. The Balaban J connectivity index is 2.35. The summed E-state index contributed by atoms with van der Waals surface area (Å²) in [4.78, 5) is 11.9. The van der Waals surface area contributed by atoms with Crippen molar-refractivity contribution in [1.29, 1.82) is 0 Å². The second-order valence-electron chi connectivity index (χ2n) is 3.57. The first kappa shape index (κ1) is 14.9. The number of halogens is 5. The number of hydrogen-bond acceptors (Lipinski definition) is 3. The molecule has 0 radical (unpaired) electrons. The summed E-state index contributed by atoms with van der Waals surface area (Å²) in [6.45, 7) is 0. The van der Waals surface area contributed by atoms with E-state index in [1.54, 1.807) is 0 Å². The van der Waals surface area contributed by atoms with E-state index < -0.39 is 17.5 Å². The maximum Gasteiger partial charge on any atom is 0.259 e. The molecule has 0 unspecified atom stereocenters. The molecule has 1 N–H and O–H groups in total. The zero-order chi connectivity index (χ0) is 14.9. The number of carbonyl (C=O) groups is 1. The van der Waals surface area contributed by atoms with E-state index >= 15 is 0 Å². The van der Waals surface area contributed by atoms with Gasteiger partial charge >= 0.3 is 0 Å². The second-order valence-corrected chi connectivity index (χ2v) is 4.72. The normalized spacial score (nSPS) is 10.4. The van der Waals surface area contributed by atoms with Crippen molar-refractivity contribution in [1.82, 2.24) is 10.2 Å². The summed E-state index contributed by atoms with van der Waals surface area (Å²) in [5, 5.41) is 8.46. The molecule has 1 heterocycles. The van der Waals surface area contributed by atoms with Gasteiger partial charge in [-0.3, -0.25) is 4.79 Å². The molecule has 0 aliphatic rings. The third-order valence-corrected chi connectivity index (χ3v) is 2.97. The first-order valence-corrected chi connectivity index (χ1v) is 6.16. The SMILES string of the molecule is O=C(Nc1c(F)cc(F)cc1Cl)c1cc(Cl)nnc1Cl. The van der Waals surface area contributed by atoms with Gasteiger partial charge in [0, 0.05) is 6.07 Å². The number of amides is 1. The van der Waals surface area contributed by atoms with E-state index in [0.717, 1.165) is 12.1 Å². The predicted octanol–water partition coefficient (Wildman–Crippen LogP) is 3.97. The van der Waals surface area contributed by atoms with E-state index in [-0.39, 0.29) is 26.6 Å². The van der Waals surface area contributed by atoms with Crippen LogP contribution in [0.4, 0.5) is 14.5 Å². The van der Waals surface area contributed by atoms with Gasteiger partial charge < -0.3 is 5.32 Å². The average molecular weight is 339 g/mol. The summed E-state index contributed by atoms with van der Waals surface area (Å²) < 4.78 is 26.4. The van der Waals surface area contributed by atoms with Crippen LogP contribution in [0.15, 0.2) is 18.2 Å². The number of aromatic nitrogens is 2. The van der Waals surface area contributed by atoms with Crippen LogP contribution < -0.4 is 5.32 Å². The quantitative estimate of drug-likeness (QED) is 0.901. The van der Waals surface area contributed by atoms with Gasteiger partial charge in [-0.15, -0.1) is 10.2 Å². The molecule has 0 saturated carbocycles. The molecule has 2 rings (SSSR count). The summed E-state index contributed by atoms with van der Waals surface area (Å²) in [6.07, 6.45) is 0. The highest BCUT2D eigenvalue weighted by atomic mass is 35.5. The standard InChI is InChI=1S/C11H4Cl3F2N3O/c12-6-1-4(15)2-7(16)9(6)17-11(20)5-3-8(13)18-19-10(5)14/h1-3H,(H,17,20). The second kappa shape index (κ2) is 5.87. The summed E-state index contributed by atoms with van der Waals surface area (Å²) in [6, 6.07) is 2.60. The van der Waals surface area contributed by atoms with Gasteiger partial charge in [-0.1, -0.05) is 34.8 Å². The molecule has 4 nitrogen and oxygen atoms in total. The van der Waals surface area contributed by atoms with Crippen molar-refractivity contribution in [3.8, 4) is 0 Å². The Hall–Kier alpha value is -1.50. The van der Waals surface area contributed by atoms with Gasteiger partial charge in [0.1, 0.15) is 5.82 Å². The van der Waals surface area contributed by atoms with Gasteiger partial charge in [0.15, 0.2) is 16.1 Å². The van der Waals surface area contributed by atoms with Crippen molar-refractivity contribution in [2.24, 2.45) is 0 Å². The van der Waals surface area contributed by atoms with Crippen LogP contribution in [0, 0.1) is 11.6 Å². The van der Waals surface area contributed by atoms with Crippen LogP contribution in [-0.2, 0) is 0 Å². The highest BCUT2D eigenvalue weighted by molar-refractivity contribution is 6.36. The van der Waals surface area contributed by atoms with Crippen molar-refractivity contribution in [3.05, 3.63) is 50.7 Å². The highest BCUT2D eigenvalue weighted by Crippen LogP contribution is 2.27. The minimum atomic E-state index is -1.02. The fraction of sp³-hybridized carbons (Fsp3) is 0. The van der Waals surface area contributed by atoms with E-state index in [9.17, 15) is 13.6 Å². The monoisotopic (exact) mass is 337 g/mol. The fourth-order valence-corrected chi connectivity index (χ4v) is 1.92. The Bertz CT molecular complexity index is 674. The van der Waals surface area contributed by atoms with Crippen LogP contribution in [0.3, 0.4) is 0 Å². The minimum absolute atomic E-state index is 0.0646. The Morgan fingerprint density at radius 2 is 1.80 bits per heavy atom. The van der Waals surface area contributed by atoms with Gasteiger partial charge in [0.25, 0.3) is 5.91 Å². The molecule has 1 aromatic carbocycles. The zero-order valence-electron chi connectivity index (χ0n) is 9.42. The fourth-order valence-electron chi connectivity index (χ4n) is 1.35. The number of benzene rings is 1. The molecule has 0 spiro atoms. The topological polar surface area (TPSA) is 54.9 Å². The maximum atomic E-state index is 13.5. The van der Waals surface area contributed by atoms with Gasteiger partial charge in [0.2, 0.25) is 0 Å². The van der Waals surface area contributed by atoms with Gasteiger partial charge in [-0.05, 0) is 12.1 Å². The molecule has 1 amide bonds. The number of nitrogens with zero attached hydrogens (tertiary/aromatic N) is 2. The van der Waals surface area contributed by atoms with Crippen LogP contribution in [0.1, 0.15) is 10.4 Å². The molecule has 0 saturated heterocycles. The van der Waals surface area contributed by atoms with Crippen LogP contribution in [0.2, 0.25) is 15.3 Å². The summed E-state index contributed by atoms with van der Waals surface area (Å²) in [5.41, 5.74) is -0.492. The average Bonchev–Trinajstić information content (AvgIpc) is 2.36. The van der Waals surface area contributed by atoms with Crippen molar-refractivity contribution in [2.45, 2.75) is 0 Å². The molecule has 20 heavy (non-hydrogen) atoms. The zero-order valence-corrected chi connectivity index (χ0v) is 11.7. The number of hydrogen-bond donors (Lipinski definition) is 1. The number of nitrogens with one attached hydrogen (secondary N) is 1. The van der Waals surface area contributed by atoms with Crippen molar-refractivity contribution < 1.29 is 13.6 Å². The third kappa shape index (κ3) is 3.15. The Labute approximate surface area is 126 Å². The molecule has 0 fully saturated rings. The van der Waals surface area contributed by atoms with Crippen LogP contribution in [0.25, 0.3) is 0 Å². The third-order valence-electron chi connectivity index (χ3n) is 2.21. The number of anilines is 1. The largest absolute Gasteiger partial charge is 0.318 e. The lowest BCUT2D eigenvalue weighted by atomic mass is 10.2. The minimum Gasteiger partial charge on any atom is -0.318 e. The first-order chi connectivity index (χ1) is 9.38. The lowest BCUT2D eigenvalue weighted by Crippen LogP contribution is -2.15. The van der Waals surface area contributed by atoms with E-state index in [2.05, 4.69) is 15.5 Å². The molecule has 0 aliphatic carbocycles. The van der Waals surface area contributed by atoms with Crippen molar-refractivity contribution >= 4 is 46.4 Å². The lowest BCUT2D eigenvalue weighted by molar-refractivity contribution is 0.102. The number of rotatable bonds is 2. The van der Waals surface area contributed by atoms with E-state index in [1.807, 2.05) is 0 Å². The summed E-state index contributed by atoms with van der Waals surface area (Å²) in [5.74, 6) is -2.69. The molecule has 1 aromatic heterocycles. The first-order valence-electron chi connectivity index (χ1n) is 5.03. The maximum absolute atomic E-state index is 13.5. The van der Waals surface area contributed by atoms with Crippen LogP contribution in [0.5, 0.6) is 0 Å². The smallest absolute Gasteiger partial charge is 0.259 e.